The summed E-state index contributed by atoms with van der Waals surface area (Å²) in [6, 6.07) is 19.1. The smallest absolute Gasteiger partial charge is 0.326 e. The largest absolute Gasteiger partial charge is 0.493 e. The molecule has 0 saturated carbocycles. The number of amidine groups is 1. The molecule has 2 amide bonds. The molecule has 3 heterocycles. The van der Waals surface area contributed by atoms with E-state index in [9.17, 15) is 16.8 Å². The number of aliphatic imine (C=N–C) groups is 1. The Morgan fingerprint density at radius 2 is 1.52 bits per heavy atom. The van der Waals surface area contributed by atoms with E-state index in [1.807, 2.05) is 67.3 Å². The molecule has 292 valence electrons. The molecule has 0 aromatic heterocycles. The third-order valence-electron chi connectivity index (χ3n) is 10.9. The van der Waals surface area contributed by atoms with Gasteiger partial charge in [0.05, 0.1) is 28.9 Å². The Balaban J connectivity index is 1.49. The minimum atomic E-state index is -3.83. The van der Waals surface area contributed by atoms with Gasteiger partial charge in [0.25, 0.3) is 0 Å². The molecule has 2 saturated heterocycles. The number of hydrogen-bond donors (Lipinski definition) is 0. The summed E-state index contributed by atoms with van der Waals surface area (Å²) in [7, 11) is -6.90. The molecule has 0 aliphatic carbocycles. The summed E-state index contributed by atoms with van der Waals surface area (Å²) < 4.78 is 59.1. The van der Waals surface area contributed by atoms with E-state index in [1.54, 1.807) is 23.1 Å². The molecule has 3 aromatic rings. The van der Waals surface area contributed by atoms with Crippen LogP contribution in [0.15, 0.2) is 76.6 Å². The van der Waals surface area contributed by atoms with Crippen LogP contribution in [-0.4, -0.2) is 118 Å². The zero-order valence-corrected chi connectivity index (χ0v) is 34.4. The van der Waals surface area contributed by atoms with Gasteiger partial charge in [-0.05, 0) is 93.2 Å². The number of benzene rings is 3. The maximum absolute atomic E-state index is 15.4. The fourth-order valence-corrected chi connectivity index (χ4v) is 10.5. The van der Waals surface area contributed by atoms with E-state index in [-0.39, 0.29) is 22.6 Å². The maximum atomic E-state index is 15.4. The second kappa shape index (κ2) is 16.5. The standard InChI is InChI=1S/C39H49Cl2N5O6S2/c1-5-52-36-18-17-34(54(50,51)45-20-6-7-21-45)27-35(36)37-42-29(3)39(31-11-15-33(41)16-12-31,28(2)30-9-13-32(40)14-10-30)46(37)38(47)44-24-22-43(23-25-44)19-8-26-53(4,48)49/h9-18,27-29H,5-8,19-26H2,1-4H3/t28-,29-,39+/m1/s1. The Morgan fingerprint density at radius 1 is 0.907 bits per heavy atom. The van der Waals surface area contributed by atoms with Crippen LogP contribution in [0.5, 0.6) is 5.75 Å². The molecule has 15 heteroatoms. The van der Waals surface area contributed by atoms with E-state index >= 15 is 4.79 Å². The fourth-order valence-electron chi connectivity index (χ4n) is 8.10. The lowest BCUT2D eigenvalue weighted by Crippen LogP contribution is -2.61. The predicted molar refractivity (Wildman–Crippen MR) is 214 cm³/mol. The van der Waals surface area contributed by atoms with Crippen LogP contribution in [0.1, 0.15) is 62.6 Å². The molecule has 0 bridgehead atoms. The molecule has 3 atom stereocenters. The van der Waals surface area contributed by atoms with Crippen LogP contribution < -0.4 is 4.74 Å². The summed E-state index contributed by atoms with van der Waals surface area (Å²) in [4.78, 5) is 26.6. The minimum Gasteiger partial charge on any atom is -0.493 e. The van der Waals surface area contributed by atoms with E-state index in [0.717, 1.165) is 24.0 Å². The minimum absolute atomic E-state index is 0.110. The number of carbonyl (C=O) groups excluding carboxylic acids is 1. The maximum Gasteiger partial charge on any atom is 0.326 e. The molecular weight excluding hydrogens is 769 g/mol. The summed E-state index contributed by atoms with van der Waals surface area (Å²) in [5, 5.41) is 1.13. The predicted octanol–water partition coefficient (Wildman–Crippen LogP) is 6.50. The first-order valence-electron chi connectivity index (χ1n) is 18.5. The van der Waals surface area contributed by atoms with Crippen molar-refractivity contribution in [2.45, 2.75) is 62.4 Å². The SMILES string of the molecule is CCOc1ccc(S(=O)(=O)N2CCCC2)cc1C1=N[C@H](C)[C@](c2ccc(Cl)cc2)([C@H](C)c2ccc(Cl)cc2)N1C(=O)N1CCN(CCCS(C)(=O)=O)CC1. The highest BCUT2D eigenvalue weighted by Gasteiger charge is 2.57. The van der Waals surface area contributed by atoms with Gasteiger partial charge in [0.2, 0.25) is 10.0 Å². The highest BCUT2D eigenvalue weighted by molar-refractivity contribution is 7.90. The van der Waals surface area contributed by atoms with Crippen LogP contribution in [0.3, 0.4) is 0 Å². The third-order valence-corrected chi connectivity index (χ3v) is 14.3. The number of amides is 2. The van der Waals surface area contributed by atoms with Gasteiger partial charge >= 0.3 is 6.03 Å². The second-order valence-corrected chi connectivity index (χ2v) is 19.4. The lowest BCUT2D eigenvalue weighted by Gasteiger charge is -2.48. The third kappa shape index (κ3) is 8.17. The molecule has 11 nitrogen and oxygen atoms in total. The summed E-state index contributed by atoms with van der Waals surface area (Å²) >= 11 is 12.8. The number of sulfone groups is 1. The van der Waals surface area contributed by atoms with Gasteiger partial charge in [0, 0.05) is 61.5 Å². The molecule has 0 radical (unpaired) electrons. The van der Waals surface area contributed by atoms with Crippen molar-refractivity contribution < 1.29 is 26.4 Å². The fraction of sp³-hybridized carbons (Fsp3) is 0.487. The van der Waals surface area contributed by atoms with Gasteiger partial charge in [0.1, 0.15) is 27.0 Å². The first kappa shape index (κ1) is 40.5. The Kier molecular flexibility index (Phi) is 12.4. The highest BCUT2D eigenvalue weighted by Crippen LogP contribution is 2.51. The molecule has 0 spiro atoms. The van der Waals surface area contributed by atoms with Crippen molar-refractivity contribution >= 4 is 54.9 Å². The quantitative estimate of drug-likeness (QED) is 0.205. The van der Waals surface area contributed by atoms with Crippen LogP contribution >= 0.6 is 23.2 Å². The first-order chi connectivity index (χ1) is 25.7. The number of hydrogen-bond acceptors (Lipinski definition) is 8. The molecule has 54 heavy (non-hydrogen) atoms. The molecule has 3 aromatic carbocycles. The summed E-state index contributed by atoms with van der Waals surface area (Å²) in [6.45, 7) is 9.69. The Hall–Kier alpha value is -3.20. The molecule has 0 N–H and O–H groups in total. The molecular formula is C39H49Cl2N5O6S2. The van der Waals surface area contributed by atoms with Crippen LogP contribution in [0.25, 0.3) is 0 Å². The van der Waals surface area contributed by atoms with Crippen LogP contribution in [0.2, 0.25) is 10.0 Å². The van der Waals surface area contributed by atoms with Gasteiger partial charge < -0.3 is 9.64 Å². The van der Waals surface area contributed by atoms with Crippen molar-refractivity contribution in [3.05, 3.63) is 93.5 Å². The van der Waals surface area contributed by atoms with Gasteiger partial charge in [-0.15, -0.1) is 0 Å². The number of piperazine rings is 1. The van der Waals surface area contributed by atoms with Crippen molar-refractivity contribution in [1.29, 1.82) is 0 Å². The Labute approximate surface area is 329 Å². The Morgan fingerprint density at radius 3 is 2.11 bits per heavy atom. The Bertz CT molecular complexity index is 2070. The summed E-state index contributed by atoms with van der Waals surface area (Å²) in [5.74, 6) is 0.503. The van der Waals surface area contributed by atoms with Crippen molar-refractivity contribution in [2.75, 3.05) is 64.4 Å². The topological polar surface area (TPSA) is 120 Å². The van der Waals surface area contributed by atoms with Crippen molar-refractivity contribution in [1.82, 2.24) is 19.0 Å². The summed E-state index contributed by atoms with van der Waals surface area (Å²) in [5.41, 5.74) is 1.05. The number of carbonyl (C=O) groups is 1. The van der Waals surface area contributed by atoms with Crippen molar-refractivity contribution in [3.8, 4) is 5.75 Å². The van der Waals surface area contributed by atoms with E-state index in [2.05, 4.69) is 11.8 Å². The van der Waals surface area contributed by atoms with Gasteiger partial charge in [-0.1, -0.05) is 54.4 Å². The number of urea groups is 1. The second-order valence-electron chi connectivity index (χ2n) is 14.4. The lowest BCUT2D eigenvalue weighted by molar-refractivity contribution is 0.0896. The van der Waals surface area contributed by atoms with Crippen LogP contribution in [0, 0.1) is 0 Å². The average Bonchev–Trinajstić information content (AvgIpc) is 3.80. The van der Waals surface area contributed by atoms with Gasteiger partial charge in [-0.25, -0.2) is 21.6 Å². The highest BCUT2D eigenvalue weighted by atomic mass is 35.5. The molecule has 6 rings (SSSR count). The van der Waals surface area contributed by atoms with Gasteiger partial charge in [0.15, 0.2) is 0 Å². The van der Waals surface area contributed by atoms with Crippen LogP contribution in [-0.2, 0) is 25.4 Å². The monoisotopic (exact) mass is 817 g/mol. The van der Waals surface area contributed by atoms with Crippen LogP contribution in [0.4, 0.5) is 4.79 Å². The van der Waals surface area contributed by atoms with Crippen molar-refractivity contribution in [2.24, 2.45) is 4.99 Å². The zero-order chi connectivity index (χ0) is 38.8. The molecule has 3 aliphatic rings. The van der Waals surface area contributed by atoms with E-state index < -0.39 is 31.4 Å². The number of halogens is 2. The normalized spacial score (nSPS) is 22.0. The molecule has 2 fully saturated rings. The average molecular weight is 819 g/mol. The zero-order valence-electron chi connectivity index (χ0n) is 31.2. The summed E-state index contributed by atoms with van der Waals surface area (Å²) in [6.07, 6.45) is 3.36. The van der Waals surface area contributed by atoms with Gasteiger partial charge in [-0.2, -0.15) is 4.31 Å². The lowest BCUT2D eigenvalue weighted by atomic mass is 9.70. The van der Waals surface area contributed by atoms with Gasteiger partial charge in [-0.3, -0.25) is 14.8 Å². The number of ether oxygens (including phenoxy) is 1. The molecule has 3 aliphatic heterocycles. The number of rotatable bonds is 12. The number of nitrogens with zero attached hydrogens (tertiary/aromatic N) is 5. The first-order valence-corrected chi connectivity index (χ1v) is 22.8. The van der Waals surface area contributed by atoms with E-state index in [4.69, 9.17) is 32.9 Å². The van der Waals surface area contributed by atoms with E-state index in [1.165, 1.54) is 10.6 Å². The molecule has 0 unspecified atom stereocenters. The number of sulfonamides is 1. The van der Waals surface area contributed by atoms with Crippen molar-refractivity contribution in [3.63, 3.8) is 0 Å². The van der Waals surface area contributed by atoms with E-state index in [0.29, 0.717) is 86.0 Å².